The number of nitrogens with one attached hydrogen (secondary N) is 3. The van der Waals surface area contributed by atoms with Crippen LogP contribution in [0.2, 0.25) is 0 Å². The maximum Gasteiger partial charge on any atom is 0.327 e. The van der Waals surface area contributed by atoms with E-state index in [2.05, 4.69) is 28.6 Å². The molecule has 0 fully saturated rings. The second-order valence-electron chi connectivity index (χ2n) is 8.40. The molecule has 13 nitrogen and oxygen atoms in total. The molecule has 0 saturated carbocycles. The highest BCUT2D eigenvalue weighted by atomic mass is 32.1. The Morgan fingerprint density at radius 3 is 1.95 bits per heavy atom. The maximum absolute atomic E-state index is 13.2. The van der Waals surface area contributed by atoms with Crippen molar-refractivity contribution < 1.29 is 39.3 Å². The number of thiol groups is 1. The molecular weight excluding hydrogens is 506 g/mol. The van der Waals surface area contributed by atoms with E-state index in [1.54, 1.807) is 12.1 Å². The smallest absolute Gasteiger partial charge is 0.327 e. The average molecular weight is 542 g/mol. The van der Waals surface area contributed by atoms with Gasteiger partial charge in [0.05, 0.1) is 6.04 Å². The van der Waals surface area contributed by atoms with Gasteiger partial charge < -0.3 is 42.7 Å². The summed E-state index contributed by atoms with van der Waals surface area (Å²) in [5, 5.41) is 35.0. The van der Waals surface area contributed by atoms with Gasteiger partial charge >= 0.3 is 11.9 Å². The van der Waals surface area contributed by atoms with Crippen LogP contribution in [0.15, 0.2) is 24.3 Å². The van der Waals surface area contributed by atoms with Crippen LogP contribution in [0.25, 0.3) is 0 Å². The first-order chi connectivity index (χ1) is 17.5. The van der Waals surface area contributed by atoms with Gasteiger partial charge in [-0.15, -0.1) is 0 Å². The Balaban J connectivity index is 3.10. The molecule has 14 heteroatoms. The molecule has 0 aliphatic rings. The number of phenols is 1. The molecule has 1 aromatic rings. The minimum absolute atomic E-state index is 0.00158. The Morgan fingerprint density at radius 1 is 0.838 bits per heavy atom. The topological polar surface area (TPSA) is 234 Å². The number of benzene rings is 1. The molecule has 0 heterocycles. The van der Waals surface area contributed by atoms with Gasteiger partial charge in [0, 0.05) is 18.6 Å². The number of nitrogens with two attached hydrogens (primary N) is 2. The number of carboxylic acid groups (broad SMARTS) is 2. The fourth-order valence-electron chi connectivity index (χ4n) is 3.26. The summed E-state index contributed by atoms with van der Waals surface area (Å²) >= 11 is 3.92. The fourth-order valence-corrected chi connectivity index (χ4v) is 3.51. The van der Waals surface area contributed by atoms with Crippen LogP contribution in [0.4, 0.5) is 0 Å². The summed E-state index contributed by atoms with van der Waals surface area (Å²) < 4.78 is 0. The fraction of sp³-hybridized carbons (Fsp3) is 0.522. The minimum atomic E-state index is -1.29. The highest BCUT2D eigenvalue weighted by Crippen LogP contribution is 2.12. The van der Waals surface area contributed by atoms with Crippen LogP contribution in [0, 0.1) is 0 Å². The molecule has 0 aromatic heterocycles. The van der Waals surface area contributed by atoms with E-state index in [0.717, 1.165) is 0 Å². The van der Waals surface area contributed by atoms with Gasteiger partial charge in [-0.05, 0) is 49.9 Å². The number of aliphatic carboxylic acids is 2. The number of hydrogen-bond acceptors (Lipinski definition) is 9. The third kappa shape index (κ3) is 11.9. The largest absolute Gasteiger partial charge is 0.508 e. The van der Waals surface area contributed by atoms with Gasteiger partial charge in [-0.1, -0.05) is 12.1 Å². The van der Waals surface area contributed by atoms with E-state index in [4.69, 9.17) is 16.6 Å². The average Bonchev–Trinajstić information content (AvgIpc) is 2.85. The predicted molar refractivity (Wildman–Crippen MR) is 137 cm³/mol. The molecule has 0 saturated heterocycles. The molecule has 37 heavy (non-hydrogen) atoms. The summed E-state index contributed by atoms with van der Waals surface area (Å²) in [5.74, 6) is -4.82. The Labute approximate surface area is 219 Å². The number of rotatable bonds is 17. The molecule has 0 bridgehead atoms. The molecule has 0 radical (unpaired) electrons. The van der Waals surface area contributed by atoms with E-state index in [1.807, 2.05) is 0 Å². The van der Waals surface area contributed by atoms with Crippen LogP contribution in [0.3, 0.4) is 0 Å². The lowest BCUT2D eigenvalue weighted by molar-refractivity contribution is -0.141. The lowest BCUT2D eigenvalue weighted by Gasteiger charge is -2.25. The van der Waals surface area contributed by atoms with Crippen LogP contribution in [-0.4, -0.2) is 81.4 Å². The van der Waals surface area contributed by atoms with Crippen molar-refractivity contribution in [3.63, 3.8) is 0 Å². The SMILES string of the molecule is NCCCCC(NC(=O)C(Cc1ccc(O)cc1)NC(=O)C(N)CCC(=O)O)C(=O)NC(CS)C(=O)O. The first-order valence-electron chi connectivity index (χ1n) is 11.7. The van der Waals surface area contributed by atoms with E-state index in [1.165, 1.54) is 12.1 Å². The monoisotopic (exact) mass is 541 g/mol. The van der Waals surface area contributed by atoms with Gasteiger partial charge in [-0.3, -0.25) is 19.2 Å². The van der Waals surface area contributed by atoms with E-state index in [-0.39, 0.29) is 37.2 Å². The van der Waals surface area contributed by atoms with Crippen molar-refractivity contribution in [1.82, 2.24) is 16.0 Å². The second kappa shape index (κ2) is 16.4. The summed E-state index contributed by atoms with van der Waals surface area (Å²) in [6.45, 7) is 0.352. The molecule has 1 aromatic carbocycles. The highest BCUT2D eigenvalue weighted by Gasteiger charge is 2.30. The van der Waals surface area contributed by atoms with Gasteiger partial charge in [0.25, 0.3) is 0 Å². The number of carbonyl (C=O) groups excluding carboxylic acids is 3. The van der Waals surface area contributed by atoms with Crippen LogP contribution in [0.1, 0.15) is 37.7 Å². The third-order valence-corrected chi connectivity index (χ3v) is 5.76. The van der Waals surface area contributed by atoms with E-state index < -0.39 is 53.8 Å². The standard InChI is InChI=1S/C23H35N5O8S/c24-10-2-1-3-16(21(33)28-18(12-37)23(35)36)26-22(34)17(11-13-4-6-14(29)7-5-13)27-20(32)15(25)8-9-19(30)31/h4-7,15-18,29,37H,1-3,8-12,24-25H2,(H,26,34)(H,27,32)(H,28,33)(H,30,31)(H,35,36). The first kappa shape index (κ1) is 31.7. The minimum Gasteiger partial charge on any atom is -0.508 e. The third-order valence-electron chi connectivity index (χ3n) is 5.39. The number of phenolic OH excluding ortho intramolecular Hbond substituents is 1. The maximum atomic E-state index is 13.2. The lowest BCUT2D eigenvalue weighted by Crippen LogP contribution is -2.57. The zero-order valence-corrected chi connectivity index (χ0v) is 21.2. The molecule has 0 aliphatic heterocycles. The second-order valence-corrected chi connectivity index (χ2v) is 8.76. The van der Waals surface area contributed by atoms with E-state index in [9.17, 15) is 34.2 Å². The Hall–Kier alpha value is -3.36. The Morgan fingerprint density at radius 2 is 1.41 bits per heavy atom. The van der Waals surface area contributed by atoms with E-state index in [0.29, 0.717) is 24.9 Å². The number of carboxylic acids is 2. The number of hydrogen-bond donors (Lipinski definition) is 9. The van der Waals surface area contributed by atoms with Crippen molar-refractivity contribution >= 4 is 42.3 Å². The van der Waals surface area contributed by atoms with Crippen molar-refractivity contribution in [3.8, 4) is 5.75 Å². The number of carbonyl (C=O) groups is 5. The zero-order chi connectivity index (χ0) is 28.0. The summed E-state index contributed by atoms with van der Waals surface area (Å²) in [6, 6.07) is 1.09. The van der Waals surface area contributed by atoms with E-state index >= 15 is 0 Å². The van der Waals surface area contributed by atoms with Crippen molar-refractivity contribution in [2.24, 2.45) is 11.5 Å². The van der Waals surface area contributed by atoms with Crippen molar-refractivity contribution in [2.45, 2.75) is 62.7 Å². The molecule has 3 amide bonds. The highest BCUT2D eigenvalue weighted by molar-refractivity contribution is 7.80. The van der Waals surface area contributed by atoms with Gasteiger partial charge in [0.15, 0.2) is 0 Å². The number of amides is 3. The summed E-state index contributed by atoms with van der Waals surface area (Å²) in [4.78, 5) is 60.7. The van der Waals surface area contributed by atoms with Gasteiger partial charge in [0.1, 0.15) is 23.9 Å². The van der Waals surface area contributed by atoms with Crippen LogP contribution >= 0.6 is 12.6 Å². The molecule has 206 valence electrons. The number of unbranched alkanes of at least 4 members (excludes halogenated alkanes) is 1. The van der Waals surface area contributed by atoms with Crippen LogP contribution in [-0.2, 0) is 30.4 Å². The molecule has 0 spiro atoms. The van der Waals surface area contributed by atoms with Crippen LogP contribution in [0.5, 0.6) is 5.75 Å². The van der Waals surface area contributed by atoms with Crippen LogP contribution < -0.4 is 27.4 Å². The van der Waals surface area contributed by atoms with Crippen molar-refractivity contribution in [3.05, 3.63) is 29.8 Å². The Kier molecular flexibility index (Phi) is 14.0. The molecule has 4 atom stereocenters. The quantitative estimate of drug-likeness (QED) is 0.0837. The van der Waals surface area contributed by atoms with Gasteiger partial charge in [-0.2, -0.15) is 12.6 Å². The van der Waals surface area contributed by atoms with Gasteiger partial charge in [0.2, 0.25) is 17.7 Å². The van der Waals surface area contributed by atoms with Crippen molar-refractivity contribution in [2.75, 3.05) is 12.3 Å². The van der Waals surface area contributed by atoms with Gasteiger partial charge in [-0.25, -0.2) is 4.79 Å². The zero-order valence-electron chi connectivity index (χ0n) is 20.3. The normalized spacial score (nSPS) is 14.0. The Bertz CT molecular complexity index is 930. The summed E-state index contributed by atoms with van der Waals surface area (Å²) in [6.07, 6.45) is 0.645. The first-order valence-corrected chi connectivity index (χ1v) is 12.3. The van der Waals surface area contributed by atoms with Crippen molar-refractivity contribution in [1.29, 1.82) is 0 Å². The lowest BCUT2D eigenvalue weighted by atomic mass is 10.0. The predicted octanol–water partition coefficient (Wildman–Crippen LogP) is -1.28. The number of aromatic hydroxyl groups is 1. The summed E-state index contributed by atoms with van der Waals surface area (Å²) in [7, 11) is 0. The molecular formula is C23H35N5O8S. The molecule has 10 N–H and O–H groups in total. The summed E-state index contributed by atoms with van der Waals surface area (Å²) in [5.41, 5.74) is 11.9. The molecule has 1 rings (SSSR count). The molecule has 4 unspecified atom stereocenters. The molecule has 0 aliphatic carbocycles.